The highest BCUT2D eigenvalue weighted by Gasteiger charge is 2.22. The van der Waals surface area contributed by atoms with Gasteiger partial charge in [0.25, 0.3) is 0 Å². The number of nitrogens with zero attached hydrogens (tertiary/aromatic N) is 1. The lowest BCUT2D eigenvalue weighted by Crippen LogP contribution is -2.36. The second-order valence-corrected chi connectivity index (χ2v) is 8.23. The van der Waals surface area contributed by atoms with Crippen molar-refractivity contribution in [2.45, 2.75) is 32.1 Å². The zero-order valence-electron chi connectivity index (χ0n) is 16.1. The van der Waals surface area contributed by atoms with E-state index in [1.165, 1.54) is 12.1 Å². The third kappa shape index (κ3) is 5.58. The highest BCUT2D eigenvalue weighted by Crippen LogP contribution is 2.29. The molecule has 3 aromatic rings. The van der Waals surface area contributed by atoms with Crippen LogP contribution in [0.15, 0.2) is 53.1 Å². The summed E-state index contributed by atoms with van der Waals surface area (Å²) in [6, 6.07) is 11.4. The lowest BCUT2D eigenvalue weighted by Gasteiger charge is -2.26. The number of oxazole rings is 1. The van der Waals surface area contributed by atoms with Crippen molar-refractivity contribution >= 4 is 29.1 Å². The number of nitrogens with one attached hydrogen (secondary N) is 1. The lowest BCUT2D eigenvalue weighted by atomic mass is 9.84. The van der Waals surface area contributed by atoms with Gasteiger partial charge in [0.05, 0.1) is 16.2 Å². The summed E-state index contributed by atoms with van der Waals surface area (Å²) in [6.45, 7) is 4.50. The Bertz CT molecular complexity index is 1000. The van der Waals surface area contributed by atoms with Crippen LogP contribution < -0.4 is 5.32 Å². The fraction of sp³-hybridized carbons (Fsp3) is 0.273. The number of hydrogen-bond acceptors (Lipinski definition) is 3. The van der Waals surface area contributed by atoms with Gasteiger partial charge in [-0.1, -0.05) is 43.1 Å². The minimum absolute atomic E-state index is 0.0975. The van der Waals surface area contributed by atoms with Crippen LogP contribution in [0.4, 0.5) is 4.39 Å². The van der Waals surface area contributed by atoms with E-state index in [1.54, 1.807) is 24.4 Å². The summed E-state index contributed by atoms with van der Waals surface area (Å²) in [6.07, 6.45) is 2.20. The summed E-state index contributed by atoms with van der Waals surface area (Å²) < 4.78 is 18.7. The maximum absolute atomic E-state index is 13.0. The van der Waals surface area contributed by atoms with Crippen molar-refractivity contribution in [2.24, 2.45) is 0 Å². The lowest BCUT2D eigenvalue weighted by molar-refractivity contribution is -0.121. The summed E-state index contributed by atoms with van der Waals surface area (Å²) in [5.74, 6) is 0.595. The first kappa shape index (κ1) is 21.3. The van der Waals surface area contributed by atoms with Gasteiger partial charge in [-0.15, -0.1) is 0 Å². The molecule has 1 heterocycles. The first-order valence-electron chi connectivity index (χ1n) is 9.17. The van der Waals surface area contributed by atoms with Gasteiger partial charge in [-0.2, -0.15) is 0 Å². The molecule has 0 saturated heterocycles. The number of aryl methyl sites for hydroxylation is 1. The Hall–Kier alpha value is -2.37. The van der Waals surface area contributed by atoms with Crippen LogP contribution in [0, 0.1) is 5.82 Å². The average Bonchev–Trinajstić information content (AvgIpc) is 3.16. The van der Waals surface area contributed by atoms with Gasteiger partial charge in [0.1, 0.15) is 5.82 Å². The van der Waals surface area contributed by atoms with Gasteiger partial charge < -0.3 is 9.73 Å². The van der Waals surface area contributed by atoms with E-state index in [1.807, 2.05) is 26.0 Å². The van der Waals surface area contributed by atoms with Crippen LogP contribution >= 0.6 is 23.2 Å². The molecule has 1 amide bonds. The number of halogens is 3. The number of carbonyl (C=O) groups is 1. The zero-order chi connectivity index (χ0) is 21.0. The Morgan fingerprint density at radius 2 is 1.86 bits per heavy atom. The quantitative estimate of drug-likeness (QED) is 0.509. The predicted octanol–water partition coefficient (Wildman–Crippen LogP) is 5.81. The Balaban J connectivity index is 1.52. The van der Waals surface area contributed by atoms with Crippen LogP contribution in [-0.2, 0) is 16.6 Å². The molecule has 0 radical (unpaired) electrons. The number of rotatable bonds is 7. The van der Waals surface area contributed by atoms with E-state index in [-0.39, 0.29) is 23.6 Å². The smallest absolute Gasteiger partial charge is 0.220 e. The summed E-state index contributed by atoms with van der Waals surface area (Å²) in [5.41, 5.74) is 1.42. The van der Waals surface area contributed by atoms with Crippen molar-refractivity contribution in [3.05, 3.63) is 76.0 Å². The zero-order valence-corrected chi connectivity index (χ0v) is 17.6. The maximum Gasteiger partial charge on any atom is 0.220 e. The van der Waals surface area contributed by atoms with Gasteiger partial charge in [-0.25, -0.2) is 9.37 Å². The van der Waals surface area contributed by atoms with E-state index in [2.05, 4.69) is 10.3 Å². The summed E-state index contributed by atoms with van der Waals surface area (Å²) in [4.78, 5) is 16.5. The number of carbonyl (C=O) groups excluding carboxylic acids is 1. The molecule has 0 aliphatic carbocycles. The molecular formula is C22H21Cl2FN2O2. The minimum Gasteiger partial charge on any atom is -0.441 e. The van der Waals surface area contributed by atoms with Crippen LogP contribution in [-0.4, -0.2) is 17.4 Å². The molecule has 152 valence electrons. The van der Waals surface area contributed by atoms with Crippen LogP contribution in [0.25, 0.3) is 11.3 Å². The van der Waals surface area contributed by atoms with E-state index >= 15 is 0 Å². The molecule has 1 aromatic heterocycles. The molecule has 7 heteroatoms. The molecule has 3 rings (SSSR count). The van der Waals surface area contributed by atoms with Crippen molar-refractivity contribution < 1.29 is 13.6 Å². The van der Waals surface area contributed by atoms with Crippen molar-refractivity contribution in [1.29, 1.82) is 0 Å². The van der Waals surface area contributed by atoms with Gasteiger partial charge in [0, 0.05) is 30.4 Å². The maximum atomic E-state index is 13.0. The molecule has 0 atom stereocenters. The molecular weight excluding hydrogens is 414 g/mol. The van der Waals surface area contributed by atoms with E-state index in [0.29, 0.717) is 34.7 Å². The average molecular weight is 435 g/mol. The first-order valence-corrected chi connectivity index (χ1v) is 9.93. The fourth-order valence-electron chi connectivity index (χ4n) is 2.82. The SMILES string of the molecule is CC(C)(CNC(=O)CCc1ncc(-c2ccc(F)cc2)o1)c1ccc(Cl)c(Cl)c1. The largest absolute Gasteiger partial charge is 0.441 e. The fourth-order valence-corrected chi connectivity index (χ4v) is 3.12. The van der Waals surface area contributed by atoms with E-state index in [9.17, 15) is 9.18 Å². The summed E-state index contributed by atoms with van der Waals surface area (Å²) >= 11 is 12.1. The molecule has 0 bridgehead atoms. The molecule has 0 unspecified atom stereocenters. The summed E-state index contributed by atoms with van der Waals surface area (Å²) in [5, 5.41) is 3.94. The standard InChI is InChI=1S/C22H21Cl2FN2O2/c1-22(2,15-5-8-17(23)18(24)11-15)13-27-20(28)9-10-21-26-12-19(29-21)14-3-6-16(25)7-4-14/h3-8,11-12H,9-10,13H2,1-2H3,(H,27,28). The van der Waals surface area contributed by atoms with Crippen LogP contribution in [0.1, 0.15) is 31.7 Å². The summed E-state index contributed by atoms with van der Waals surface area (Å²) in [7, 11) is 0. The second-order valence-electron chi connectivity index (χ2n) is 7.41. The van der Waals surface area contributed by atoms with E-state index in [0.717, 1.165) is 11.1 Å². The van der Waals surface area contributed by atoms with Gasteiger partial charge in [0.2, 0.25) is 5.91 Å². The minimum atomic E-state index is -0.311. The molecule has 1 N–H and O–H groups in total. The third-order valence-electron chi connectivity index (χ3n) is 4.68. The number of aromatic nitrogens is 1. The topological polar surface area (TPSA) is 55.1 Å². The highest BCUT2D eigenvalue weighted by molar-refractivity contribution is 6.42. The molecule has 0 fully saturated rings. The van der Waals surface area contributed by atoms with Gasteiger partial charge in [-0.3, -0.25) is 4.79 Å². The molecule has 29 heavy (non-hydrogen) atoms. The van der Waals surface area contributed by atoms with Crippen LogP contribution in [0.5, 0.6) is 0 Å². The molecule has 2 aromatic carbocycles. The van der Waals surface area contributed by atoms with Gasteiger partial charge in [-0.05, 0) is 42.0 Å². The molecule has 4 nitrogen and oxygen atoms in total. The Kier molecular flexibility index (Phi) is 6.60. The molecule has 0 aliphatic rings. The van der Waals surface area contributed by atoms with Crippen molar-refractivity contribution in [3.63, 3.8) is 0 Å². The van der Waals surface area contributed by atoms with Gasteiger partial charge >= 0.3 is 0 Å². The molecule has 0 spiro atoms. The number of hydrogen-bond donors (Lipinski definition) is 1. The normalized spacial score (nSPS) is 11.5. The van der Waals surface area contributed by atoms with Crippen molar-refractivity contribution in [3.8, 4) is 11.3 Å². The predicted molar refractivity (Wildman–Crippen MR) is 113 cm³/mol. The number of amides is 1. The van der Waals surface area contributed by atoms with Crippen LogP contribution in [0.2, 0.25) is 10.0 Å². The Morgan fingerprint density at radius 3 is 2.55 bits per heavy atom. The van der Waals surface area contributed by atoms with E-state index < -0.39 is 0 Å². The van der Waals surface area contributed by atoms with Crippen molar-refractivity contribution in [1.82, 2.24) is 10.3 Å². The molecule has 0 saturated carbocycles. The Morgan fingerprint density at radius 1 is 1.14 bits per heavy atom. The number of benzene rings is 2. The third-order valence-corrected chi connectivity index (χ3v) is 5.42. The van der Waals surface area contributed by atoms with Gasteiger partial charge in [0.15, 0.2) is 11.7 Å². The second kappa shape index (κ2) is 8.97. The first-order chi connectivity index (χ1) is 13.7. The van der Waals surface area contributed by atoms with Crippen molar-refractivity contribution in [2.75, 3.05) is 6.54 Å². The monoisotopic (exact) mass is 434 g/mol. The molecule has 0 aliphatic heterocycles. The van der Waals surface area contributed by atoms with E-state index in [4.69, 9.17) is 27.6 Å². The highest BCUT2D eigenvalue weighted by atomic mass is 35.5. The van der Waals surface area contributed by atoms with Crippen LogP contribution in [0.3, 0.4) is 0 Å². The Labute approximate surface area is 179 Å².